The Bertz CT molecular complexity index is 685. The number of aromatic hydroxyl groups is 1. The smallest absolute Gasteiger partial charge is 0.314 e. The van der Waals surface area contributed by atoms with Crippen LogP contribution in [0.15, 0.2) is 24.3 Å². The van der Waals surface area contributed by atoms with Gasteiger partial charge in [0.25, 0.3) is 0 Å². The number of hydrogen-bond acceptors (Lipinski definition) is 3. The SMILES string of the molecule is CCCCCCCCCCCCCCCCCCNC(=O)NCCCCCC(=O)Nc1ccc(O)cc1.[B]. The minimum Gasteiger partial charge on any atom is -0.508 e. The minimum atomic E-state index is -0.0916. The van der Waals surface area contributed by atoms with Crippen molar-refractivity contribution < 1.29 is 14.7 Å². The topological polar surface area (TPSA) is 90.5 Å². The van der Waals surface area contributed by atoms with Gasteiger partial charge in [0.05, 0.1) is 0 Å². The maximum Gasteiger partial charge on any atom is 0.314 e. The summed E-state index contributed by atoms with van der Waals surface area (Å²) in [5, 5.41) is 17.9. The van der Waals surface area contributed by atoms with Crippen molar-refractivity contribution in [2.24, 2.45) is 0 Å². The number of phenolic OH excluding ortho intramolecular Hbond substituents is 1. The highest BCUT2D eigenvalue weighted by atomic mass is 16.3. The van der Waals surface area contributed by atoms with Gasteiger partial charge in [0.1, 0.15) is 5.75 Å². The number of rotatable bonds is 24. The van der Waals surface area contributed by atoms with Crippen LogP contribution in [0.1, 0.15) is 135 Å². The summed E-state index contributed by atoms with van der Waals surface area (Å²) in [4.78, 5) is 23.8. The van der Waals surface area contributed by atoms with Gasteiger partial charge < -0.3 is 21.1 Å². The van der Waals surface area contributed by atoms with Crippen LogP contribution in [0.5, 0.6) is 5.75 Å². The standard InChI is InChI=1S/C31H55N3O3.B/c1-2-3-4-5-6-7-8-9-10-11-12-13-14-15-16-19-26-32-31(37)33-27-20-17-18-21-30(36)34-28-22-24-29(35)25-23-28;/h22-25,35H,2-21,26-27H2,1H3,(H,34,36)(H2,32,33,37);. The Kier molecular flexibility index (Phi) is 24.9. The van der Waals surface area contributed by atoms with Gasteiger partial charge in [-0.15, -0.1) is 0 Å². The third-order valence-corrected chi connectivity index (χ3v) is 6.83. The molecule has 0 aliphatic heterocycles. The maximum absolute atomic E-state index is 11.9. The first-order valence-electron chi connectivity index (χ1n) is 15.2. The fourth-order valence-corrected chi connectivity index (χ4v) is 4.50. The van der Waals surface area contributed by atoms with E-state index in [1.807, 2.05) is 0 Å². The molecule has 0 aliphatic carbocycles. The van der Waals surface area contributed by atoms with Crippen LogP contribution in [0.3, 0.4) is 0 Å². The maximum atomic E-state index is 11.9. The summed E-state index contributed by atoms with van der Waals surface area (Å²) in [6.45, 7) is 3.64. The molecule has 3 amide bonds. The molecule has 0 unspecified atom stereocenters. The van der Waals surface area contributed by atoms with Crippen LogP contribution in [0.25, 0.3) is 0 Å². The van der Waals surface area contributed by atoms with Gasteiger partial charge in [0, 0.05) is 33.6 Å². The summed E-state index contributed by atoms with van der Waals surface area (Å²) < 4.78 is 0. The number of amides is 3. The number of carbonyl (C=O) groups is 2. The Morgan fingerprint density at radius 2 is 1.00 bits per heavy atom. The summed E-state index contributed by atoms with van der Waals surface area (Å²) in [6.07, 6.45) is 24.6. The molecule has 0 saturated heterocycles. The van der Waals surface area contributed by atoms with Crippen LogP contribution < -0.4 is 16.0 Å². The average molecular weight is 529 g/mol. The van der Waals surface area contributed by atoms with E-state index in [1.54, 1.807) is 24.3 Å². The summed E-state index contributed by atoms with van der Waals surface area (Å²) in [5.74, 6) is 0.148. The Morgan fingerprint density at radius 3 is 1.45 bits per heavy atom. The zero-order valence-corrected chi connectivity index (χ0v) is 24.2. The molecular weight excluding hydrogens is 473 g/mol. The fourth-order valence-electron chi connectivity index (χ4n) is 4.50. The predicted octanol–water partition coefficient (Wildman–Crippen LogP) is 8.07. The zero-order chi connectivity index (χ0) is 26.8. The van der Waals surface area contributed by atoms with E-state index in [9.17, 15) is 14.7 Å². The van der Waals surface area contributed by atoms with Crippen LogP contribution in [0, 0.1) is 0 Å². The van der Waals surface area contributed by atoms with E-state index in [0.29, 0.717) is 18.7 Å². The third kappa shape index (κ3) is 23.0. The van der Waals surface area contributed by atoms with Gasteiger partial charge in [-0.25, -0.2) is 4.79 Å². The second kappa shape index (κ2) is 26.4. The van der Waals surface area contributed by atoms with E-state index in [-0.39, 0.29) is 26.1 Å². The van der Waals surface area contributed by atoms with Crippen LogP contribution in [0.2, 0.25) is 0 Å². The monoisotopic (exact) mass is 528 g/mol. The van der Waals surface area contributed by atoms with Gasteiger partial charge in [0.15, 0.2) is 0 Å². The molecule has 0 heterocycles. The number of urea groups is 1. The number of unbranched alkanes of at least 4 members (excludes halogenated alkanes) is 17. The molecule has 0 spiro atoms. The van der Waals surface area contributed by atoms with E-state index in [0.717, 1.165) is 32.2 Å². The highest BCUT2D eigenvalue weighted by molar-refractivity contribution is 5.90. The molecule has 4 N–H and O–H groups in total. The van der Waals surface area contributed by atoms with E-state index in [1.165, 1.54) is 96.3 Å². The van der Waals surface area contributed by atoms with Gasteiger partial charge in [0.2, 0.25) is 5.91 Å². The molecule has 0 bridgehead atoms. The number of nitrogens with one attached hydrogen (secondary N) is 3. The minimum absolute atomic E-state index is 0. The normalized spacial score (nSPS) is 10.6. The lowest BCUT2D eigenvalue weighted by atomic mass is 10.0. The summed E-state index contributed by atoms with van der Waals surface area (Å²) in [7, 11) is 0. The molecular formula is C31H55BN3O3. The van der Waals surface area contributed by atoms with Crippen LogP contribution in [-0.4, -0.2) is 38.5 Å². The molecule has 0 atom stereocenters. The summed E-state index contributed by atoms with van der Waals surface area (Å²) >= 11 is 0. The first-order chi connectivity index (χ1) is 18.1. The second-order valence-electron chi connectivity index (χ2n) is 10.4. The second-order valence-corrected chi connectivity index (χ2v) is 10.4. The van der Waals surface area contributed by atoms with E-state index in [2.05, 4.69) is 22.9 Å². The lowest BCUT2D eigenvalue weighted by molar-refractivity contribution is -0.116. The number of hydrogen-bond donors (Lipinski definition) is 4. The molecule has 1 rings (SSSR count). The molecule has 7 heteroatoms. The van der Waals surface area contributed by atoms with Crippen molar-refractivity contribution in [2.75, 3.05) is 18.4 Å². The van der Waals surface area contributed by atoms with Gasteiger partial charge >= 0.3 is 6.03 Å². The Morgan fingerprint density at radius 1 is 0.605 bits per heavy atom. The molecule has 3 radical (unpaired) electrons. The van der Waals surface area contributed by atoms with Crippen LogP contribution >= 0.6 is 0 Å². The van der Waals surface area contributed by atoms with Crippen molar-refractivity contribution in [2.45, 2.75) is 135 Å². The molecule has 6 nitrogen and oxygen atoms in total. The van der Waals surface area contributed by atoms with Crippen molar-refractivity contribution >= 4 is 26.0 Å². The lowest BCUT2D eigenvalue weighted by Crippen LogP contribution is -2.36. The molecule has 1 aromatic rings. The molecule has 0 aliphatic rings. The molecule has 38 heavy (non-hydrogen) atoms. The molecule has 0 fully saturated rings. The highest BCUT2D eigenvalue weighted by Crippen LogP contribution is 2.15. The molecule has 0 saturated carbocycles. The van der Waals surface area contributed by atoms with Crippen LogP contribution in [0.4, 0.5) is 10.5 Å². The number of anilines is 1. The molecule has 215 valence electrons. The van der Waals surface area contributed by atoms with Crippen molar-refractivity contribution in [1.29, 1.82) is 0 Å². The summed E-state index contributed by atoms with van der Waals surface area (Å²) in [6, 6.07) is 6.36. The number of phenols is 1. The van der Waals surface area contributed by atoms with E-state index >= 15 is 0 Å². The Labute approximate surface area is 235 Å². The highest BCUT2D eigenvalue weighted by Gasteiger charge is 2.03. The predicted molar refractivity (Wildman–Crippen MR) is 162 cm³/mol. The van der Waals surface area contributed by atoms with E-state index < -0.39 is 0 Å². The van der Waals surface area contributed by atoms with Gasteiger partial charge in [-0.2, -0.15) is 0 Å². The number of carbonyl (C=O) groups excluding carboxylic acids is 2. The fraction of sp³-hybridized carbons (Fsp3) is 0.742. The first-order valence-corrected chi connectivity index (χ1v) is 15.2. The Balaban J connectivity index is 0.0000137. The van der Waals surface area contributed by atoms with Gasteiger partial charge in [-0.1, -0.05) is 110 Å². The van der Waals surface area contributed by atoms with Gasteiger partial charge in [-0.3, -0.25) is 4.79 Å². The van der Waals surface area contributed by atoms with E-state index in [4.69, 9.17) is 0 Å². The van der Waals surface area contributed by atoms with Crippen LogP contribution in [-0.2, 0) is 4.79 Å². The van der Waals surface area contributed by atoms with Crippen molar-refractivity contribution in [3.8, 4) is 5.75 Å². The van der Waals surface area contributed by atoms with Crippen molar-refractivity contribution in [1.82, 2.24) is 10.6 Å². The quantitative estimate of drug-likeness (QED) is 0.0621. The largest absolute Gasteiger partial charge is 0.508 e. The summed E-state index contributed by atoms with van der Waals surface area (Å²) in [5.41, 5.74) is 0.686. The average Bonchev–Trinajstić information content (AvgIpc) is 2.89. The molecule has 0 aromatic heterocycles. The lowest BCUT2D eigenvalue weighted by Gasteiger charge is -2.08. The van der Waals surface area contributed by atoms with Crippen molar-refractivity contribution in [3.63, 3.8) is 0 Å². The van der Waals surface area contributed by atoms with Gasteiger partial charge in [-0.05, 0) is 43.5 Å². The Hall–Kier alpha value is -2.18. The third-order valence-electron chi connectivity index (χ3n) is 6.83. The zero-order valence-electron chi connectivity index (χ0n) is 24.2. The first kappa shape index (κ1) is 35.8. The molecule has 1 aromatic carbocycles. The number of benzene rings is 1. The van der Waals surface area contributed by atoms with Crippen molar-refractivity contribution in [3.05, 3.63) is 24.3 Å².